The highest BCUT2D eigenvalue weighted by Crippen LogP contribution is 2.28. The second kappa shape index (κ2) is 5.75. The van der Waals surface area contributed by atoms with E-state index in [0.717, 1.165) is 5.56 Å². The molecule has 2 rings (SSSR count). The Bertz CT molecular complexity index is 782. The Kier molecular flexibility index (Phi) is 4.37. The van der Waals surface area contributed by atoms with Crippen molar-refractivity contribution >= 4 is 44.6 Å². The van der Waals surface area contributed by atoms with Crippen LogP contribution in [0.25, 0.3) is 0 Å². The molecule has 2 aromatic rings. The van der Waals surface area contributed by atoms with Crippen LogP contribution < -0.4 is 10.5 Å². The van der Waals surface area contributed by atoms with Crippen molar-refractivity contribution in [1.29, 1.82) is 0 Å². The van der Waals surface area contributed by atoms with Gasteiger partial charge < -0.3 is 5.73 Å². The predicted octanol–water partition coefficient (Wildman–Crippen LogP) is 3.99. The fourth-order valence-electron chi connectivity index (χ4n) is 1.79. The SMILES string of the molecule is Cc1ccc(NS(=O)(=O)c2cc(C)c(Cl)c(N)c2)cc1Cl. The summed E-state index contributed by atoms with van der Waals surface area (Å²) in [5.41, 5.74) is 7.78. The molecule has 0 bridgehead atoms. The van der Waals surface area contributed by atoms with E-state index < -0.39 is 10.0 Å². The number of rotatable bonds is 3. The fraction of sp³-hybridized carbons (Fsp3) is 0.143. The zero-order valence-electron chi connectivity index (χ0n) is 11.4. The summed E-state index contributed by atoms with van der Waals surface area (Å²) in [4.78, 5) is 0.0543. The van der Waals surface area contributed by atoms with Crippen molar-refractivity contribution < 1.29 is 8.42 Å². The molecule has 0 unspecified atom stereocenters. The number of nitrogen functional groups attached to an aromatic ring is 1. The third kappa shape index (κ3) is 3.43. The minimum Gasteiger partial charge on any atom is -0.397 e. The number of nitrogens with two attached hydrogens (primary N) is 1. The topological polar surface area (TPSA) is 72.2 Å². The summed E-state index contributed by atoms with van der Waals surface area (Å²) >= 11 is 11.9. The van der Waals surface area contributed by atoms with Crippen molar-refractivity contribution in [3.8, 4) is 0 Å². The van der Waals surface area contributed by atoms with E-state index in [-0.39, 0.29) is 10.6 Å². The van der Waals surface area contributed by atoms with Gasteiger partial charge in [0.05, 0.1) is 21.3 Å². The molecule has 0 saturated heterocycles. The first-order chi connectivity index (χ1) is 9.70. The second-order valence-electron chi connectivity index (χ2n) is 4.71. The van der Waals surface area contributed by atoms with Gasteiger partial charge in [0.25, 0.3) is 10.0 Å². The molecular weight excluding hydrogens is 331 g/mol. The summed E-state index contributed by atoms with van der Waals surface area (Å²) in [6.45, 7) is 3.53. The quantitative estimate of drug-likeness (QED) is 0.826. The first kappa shape index (κ1) is 15.9. The van der Waals surface area contributed by atoms with Gasteiger partial charge in [0.1, 0.15) is 0 Å². The van der Waals surface area contributed by atoms with Crippen LogP contribution in [0.5, 0.6) is 0 Å². The molecule has 0 aromatic heterocycles. The molecule has 0 heterocycles. The average Bonchev–Trinajstić information content (AvgIpc) is 2.39. The molecule has 3 N–H and O–H groups in total. The monoisotopic (exact) mass is 344 g/mol. The van der Waals surface area contributed by atoms with Crippen LogP contribution in [0.2, 0.25) is 10.0 Å². The van der Waals surface area contributed by atoms with E-state index in [1.807, 2.05) is 6.92 Å². The Hall–Kier alpha value is -1.43. The third-order valence-electron chi connectivity index (χ3n) is 2.99. The summed E-state index contributed by atoms with van der Waals surface area (Å²) in [6.07, 6.45) is 0. The van der Waals surface area contributed by atoms with E-state index in [9.17, 15) is 8.42 Å². The maximum atomic E-state index is 12.4. The second-order valence-corrected chi connectivity index (χ2v) is 7.18. The van der Waals surface area contributed by atoms with Crippen molar-refractivity contribution in [1.82, 2.24) is 0 Å². The lowest BCUT2D eigenvalue weighted by Crippen LogP contribution is -2.13. The molecule has 0 aliphatic heterocycles. The predicted molar refractivity (Wildman–Crippen MR) is 87.6 cm³/mol. The maximum absolute atomic E-state index is 12.4. The van der Waals surface area contributed by atoms with E-state index in [0.29, 0.717) is 21.3 Å². The molecule has 0 radical (unpaired) electrons. The molecule has 0 aliphatic rings. The molecule has 7 heteroatoms. The zero-order valence-corrected chi connectivity index (χ0v) is 13.8. The van der Waals surface area contributed by atoms with Gasteiger partial charge in [-0.15, -0.1) is 0 Å². The van der Waals surface area contributed by atoms with Gasteiger partial charge in [0.15, 0.2) is 0 Å². The normalized spacial score (nSPS) is 11.4. The Morgan fingerprint density at radius 3 is 2.29 bits per heavy atom. The van der Waals surface area contributed by atoms with Crippen molar-refractivity contribution in [3.05, 3.63) is 51.5 Å². The maximum Gasteiger partial charge on any atom is 0.261 e. The van der Waals surface area contributed by atoms with Crippen molar-refractivity contribution in [2.45, 2.75) is 18.7 Å². The van der Waals surface area contributed by atoms with Crippen molar-refractivity contribution in [2.24, 2.45) is 0 Å². The summed E-state index contributed by atoms with van der Waals surface area (Å²) in [5, 5.41) is 0.842. The third-order valence-corrected chi connectivity index (χ3v) is 5.27. The molecule has 0 fully saturated rings. The summed E-state index contributed by atoms with van der Waals surface area (Å²) in [5.74, 6) is 0. The lowest BCUT2D eigenvalue weighted by molar-refractivity contribution is 0.601. The first-order valence-corrected chi connectivity index (χ1v) is 8.29. The standard InChI is InChI=1S/C14H14Cl2N2O2S/c1-8-3-4-10(6-12(8)15)18-21(19,20)11-5-9(2)14(16)13(17)7-11/h3-7,18H,17H2,1-2H3. The highest BCUT2D eigenvalue weighted by Gasteiger charge is 2.17. The largest absolute Gasteiger partial charge is 0.397 e. The number of benzene rings is 2. The Labute approximate surface area is 133 Å². The number of hydrogen-bond donors (Lipinski definition) is 2. The van der Waals surface area contributed by atoms with Crippen molar-refractivity contribution in [3.63, 3.8) is 0 Å². The van der Waals surface area contributed by atoms with E-state index >= 15 is 0 Å². The number of halogens is 2. The Morgan fingerprint density at radius 2 is 1.71 bits per heavy atom. The number of aryl methyl sites for hydroxylation is 2. The molecule has 0 amide bonds. The van der Waals surface area contributed by atoms with Gasteiger partial charge in [0.2, 0.25) is 0 Å². The van der Waals surface area contributed by atoms with Gasteiger partial charge in [-0.2, -0.15) is 0 Å². The zero-order chi connectivity index (χ0) is 15.8. The Morgan fingerprint density at radius 1 is 1.05 bits per heavy atom. The molecule has 0 aliphatic carbocycles. The van der Waals surface area contributed by atoms with E-state index in [2.05, 4.69) is 4.72 Å². The van der Waals surface area contributed by atoms with Crippen LogP contribution in [0, 0.1) is 13.8 Å². The smallest absolute Gasteiger partial charge is 0.261 e. The molecule has 0 atom stereocenters. The minimum absolute atomic E-state index is 0.0543. The summed E-state index contributed by atoms with van der Waals surface area (Å²) < 4.78 is 27.2. The van der Waals surface area contributed by atoms with Crippen LogP contribution in [-0.2, 0) is 10.0 Å². The first-order valence-electron chi connectivity index (χ1n) is 6.05. The van der Waals surface area contributed by atoms with Gasteiger partial charge in [0, 0.05) is 5.02 Å². The highest BCUT2D eigenvalue weighted by atomic mass is 35.5. The van der Waals surface area contributed by atoms with Gasteiger partial charge in [-0.1, -0.05) is 29.3 Å². The molecule has 21 heavy (non-hydrogen) atoms. The van der Waals surface area contributed by atoms with Gasteiger partial charge in [-0.05, 0) is 49.2 Å². The van der Waals surface area contributed by atoms with Crippen LogP contribution in [0.4, 0.5) is 11.4 Å². The number of anilines is 2. The van der Waals surface area contributed by atoms with Crippen LogP contribution in [-0.4, -0.2) is 8.42 Å². The molecule has 0 spiro atoms. The van der Waals surface area contributed by atoms with Crippen LogP contribution in [0.15, 0.2) is 35.2 Å². The number of hydrogen-bond acceptors (Lipinski definition) is 3. The summed E-state index contributed by atoms with van der Waals surface area (Å²) in [6, 6.07) is 7.73. The minimum atomic E-state index is -3.75. The van der Waals surface area contributed by atoms with E-state index in [1.165, 1.54) is 12.1 Å². The fourth-order valence-corrected chi connectivity index (χ4v) is 3.25. The number of sulfonamides is 1. The Balaban J connectivity index is 2.40. The van der Waals surface area contributed by atoms with Crippen LogP contribution >= 0.6 is 23.2 Å². The van der Waals surface area contributed by atoms with Crippen LogP contribution in [0.1, 0.15) is 11.1 Å². The van der Waals surface area contributed by atoms with Gasteiger partial charge in [-0.25, -0.2) is 8.42 Å². The molecule has 2 aromatic carbocycles. The molecule has 0 saturated carbocycles. The van der Waals surface area contributed by atoms with Crippen molar-refractivity contribution in [2.75, 3.05) is 10.5 Å². The molecular formula is C14H14Cl2N2O2S. The van der Waals surface area contributed by atoms with E-state index in [4.69, 9.17) is 28.9 Å². The molecule has 4 nitrogen and oxygen atoms in total. The van der Waals surface area contributed by atoms with E-state index in [1.54, 1.807) is 25.1 Å². The van der Waals surface area contributed by atoms with Crippen LogP contribution in [0.3, 0.4) is 0 Å². The lowest BCUT2D eigenvalue weighted by Gasteiger charge is -2.11. The number of nitrogens with one attached hydrogen (secondary N) is 1. The molecule has 112 valence electrons. The average molecular weight is 345 g/mol. The highest BCUT2D eigenvalue weighted by molar-refractivity contribution is 7.92. The summed E-state index contributed by atoms with van der Waals surface area (Å²) in [7, 11) is -3.75. The van der Waals surface area contributed by atoms with Gasteiger partial charge >= 0.3 is 0 Å². The lowest BCUT2D eigenvalue weighted by atomic mass is 10.2. The van der Waals surface area contributed by atoms with Gasteiger partial charge in [-0.3, -0.25) is 4.72 Å².